The van der Waals surface area contributed by atoms with Gasteiger partial charge in [-0.15, -0.1) is 11.3 Å². The first-order valence-electron chi connectivity index (χ1n) is 5.71. The molecule has 17 heavy (non-hydrogen) atoms. The van der Waals surface area contributed by atoms with Crippen LogP contribution in [0.2, 0.25) is 5.02 Å². The van der Waals surface area contributed by atoms with Crippen molar-refractivity contribution in [1.82, 2.24) is 4.98 Å². The van der Waals surface area contributed by atoms with Crippen molar-refractivity contribution in [3.05, 3.63) is 34.7 Å². The summed E-state index contributed by atoms with van der Waals surface area (Å²) in [6.45, 7) is 6.26. The van der Waals surface area contributed by atoms with Crippen molar-refractivity contribution in [3.8, 4) is 11.3 Å². The van der Waals surface area contributed by atoms with E-state index in [-0.39, 0.29) is 0 Å². The largest absolute Gasteiger partial charge is 0.349 e. The van der Waals surface area contributed by atoms with E-state index in [0.717, 1.165) is 34.5 Å². The molecule has 0 saturated carbocycles. The SMILES string of the molecule is CCN(CC)c1nc(-c2cccc(Cl)c2)cs1. The van der Waals surface area contributed by atoms with E-state index in [2.05, 4.69) is 29.1 Å². The van der Waals surface area contributed by atoms with Gasteiger partial charge in [0.15, 0.2) is 5.13 Å². The summed E-state index contributed by atoms with van der Waals surface area (Å²) in [6.07, 6.45) is 0. The fraction of sp³-hybridized carbons (Fsp3) is 0.308. The van der Waals surface area contributed by atoms with Gasteiger partial charge in [0, 0.05) is 29.1 Å². The van der Waals surface area contributed by atoms with Gasteiger partial charge in [-0.2, -0.15) is 0 Å². The van der Waals surface area contributed by atoms with Crippen LogP contribution in [0.4, 0.5) is 5.13 Å². The van der Waals surface area contributed by atoms with Gasteiger partial charge in [0.25, 0.3) is 0 Å². The molecule has 0 bridgehead atoms. The van der Waals surface area contributed by atoms with E-state index in [4.69, 9.17) is 11.6 Å². The Bertz CT molecular complexity index is 492. The molecule has 1 aromatic heterocycles. The number of aromatic nitrogens is 1. The average molecular weight is 267 g/mol. The van der Waals surface area contributed by atoms with E-state index in [1.807, 2.05) is 24.3 Å². The van der Waals surface area contributed by atoms with Crippen molar-refractivity contribution < 1.29 is 0 Å². The molecular weight excluding hydrogens is 252 g/mol. The Morgan fingerprint density at radius 1 is 1.29 bits per heavy atom. The van der Waals surface area contributed by atoms with E-state index in [1.54, 1.807) is 11.3 Å². The van der Waals surface area contributed by atoms with E-state index < -0.39 is 0 Å². The van der Waals surface area contributed by atoms with Crippen LogP contribution in [0.5, 0.6) is 0 Å². The minimum atomic E-state index is 0.750. The van der Waals surface area contributed by atoms with Gasteiger partial charge < -0.3 is 4.90 Å². The van der Waals surface area contributed by atoms with Crippen molar-refractivity contribution in [1.29, 1.82) is 0 Å². The first-order valence-corrected chi connectivity index (χ1v) is 6.96. The molecule has 2 nitrogen and oxygen atoms in total. The summed E-state index contributed by atoms with van der Waals surface area (Å²) in [5, 5.41) is 3.91. The van der Waals surface area contributed by atoms with Crippen LogP contribution in [0.15, 0.2) is 29.6 Å². The molecule has 0 radical (unpaired) electrons. The third kappa shape index (κ3) is 2.79. The predicted octanol–water partition coefficient (Wildman–Crippen LogP) is 4.31. The van der Waals surface area contributed by atoms with Crippen LogP contribution >= 0.6 is 22.9 Å². The maximum atomic E-state index is 5.98. The summed E-state index contributed by atoms with van der Waals surface area (Å²) < 4.78 is 0. The number of anilines is 1. The number of rotatable bonds is 4. The lowest BCUT2D eigenvalue weighted by Gasteiger charge is -2.16. The Kier molecular flexibility index (Phi) is 4.02. The van der Waals surface area contributed by atoms with Crippen molar-refractivity contribution in [2.45, 2.75) is 13.8 Å². The van der Waals surface area contributed by atoms with Crippen LogP contribution in [0.1, 0.15) is 13.8 Å². The minimum Gasteiger partial charge on any atom is -0.349 e. The van der Waals surface area contributed by atoms with E-state index in [1.165, 1.54) is 0 Å². The van der Waals surface area contributed by atoms with Gasteiger partial charge in [-0.25, -0.2) is 4.98 Å². The van der Waals surface area contributed by atoms with Crippen LogP contribution in [0, 0.1) is 0 Å². The molecule has 0 spiro atoms. The van der Waals surface area contributed by atoms with Crippen LogP contribution in [0.3, 0.4) is 0 Å². The maximum Gasteiger partial charge on any atom is 0.185 e. The fourth-order valence-electron chi connectivity index (χ4n) is 1.68. The lowest BCUT2D eigenvalue weighted by molar-refractivity contribution is 0.860. The molecular formula is C13H15ClN2S. The smallest absolute Gasteiger partial charge is 0.185 e. The number of benzene rings is 1. The number of nitrogens with zero attached hydrogens (tertiary/aromatic N) is 2. The molecule has 0 aliphatic heterocycles. The quantitative estimate of drug-likeness (QED) is 0.820. The van der Waals surface area contributed by atoms with E-state index in [0.29, 0.717) is 0 Å². The lowest BCUT2D eigenvalue weighted by atomic mass is 10.2. The van der Waals surface area contributed by atoms with Gasteiger partial charge in [-0.05, 0) is 26.0 Å². The van der Waals surface area contributed by atoms with Gasteiger partial charge in [0.1, 0.15) is 0 Å². The van der Waals surface area contributed by atoms with Crippen molar-refractivity contribution in [2.75, 3.05) is 18.0 Å². The van der Waals surface area contributed by atoms with Gasteiger partial charge in [-0.3, -0.25) is 0 Å². The summed E-state index contributed by atoms with van der Waals surface area (Å²) in [6, 6.07) is 7.81. The summed E-state index contributed by atoms with van der Waals surface area (Å²) in [5.74, 6) is 0. The number of hydrogen-bond donors (Lipinski definition) is 0. The normalized spacial score (nSPS) is 10.5. The van der Waals surface area contributed by atoms with Crippen molar-refractivity contribution in [2.24, 2.45) is 0 Å². The molecule has 0 aliphatic carbocycles. The number of hydrogen-bond acceptors (Lipinski definition) is 3. The molecule has 4 heteroatoms. The van der Waals surface area contributed by atoms with Crippen LogP contribution in [-0.2, 0) is 0 Å². The standard InChI is InChI=1S/C13H15ClN2S/c1-3-16(4-2)13-15-12(9-17-13)10-6-5-7-11(14)8-10/h5-9H,3-4H2,1-2H3. The molecule has 0 amide bonds. The summed E-state index contributed by atoms with van der Waals surface area (Å²) >= 11 is 7.66. The second-order valence-corrected chi connectivity index (χ2v) is 4.97. The van der Waals surface area contributed by atoms with E-state index in [9.17, 15) is 0 Å². The van der Waals surface area contributed by atoms with Crippen LogP contribution < -0.4 is 4.90 Å². The highest BCUT2D eigenvalue weighted by atomic mass is 35.5. The highest BCUT2D eigenvalue weighted by Crippen LogP contribution is 2.28. The Balaban J connectivity index is 2.29. The monoisotopic (exact) mass is 266 g/mol. The van der Waals surface area contributed by atoms with E-state index >= 15 is 0 Å². The van der Waals surface area contributed by atoms with Gasteiger partial charge >= 0.3 is 0 Å². The Labute approximate surface area is 111 Å². The molecule has 2 aromatic rings. The third-order valence-corrected chi connectivity index (χ3v) is 3.78. The minimum absolute atomic E-state index is 0.750. The molecule has 0 saturated heterocycles. The van der Waals surface area contributed by atoms with Crippen LogP contribution in [-0.4, -0.2) is 18.1 Å². The second-order valence-electron chi connectivity index (χ2n) is 3.70. The summed E-state index contributed by atoms with van der Waals surface area (Å²) in [7, 11) is 0. The molecule has 0 fully saturated rings. The molecule has 0 aliphatic rings. The van der Waals surface area contributed by atoms with Gasteiger partial charge in [0.2, 0.25) is 0 Å². The van der Waals surface area contributed by atoms with Gasteiger partial charge in [-0.1, -0.05) is 23.7 Å². The summed E-state index contributed by atoms with van der Waals surface area (Å²) in [4.78, 5) is 6.90. The zero-order chi connectivity index (χ0) is 12.3. The molecule has 90 valence electrons. The predicted molar refractivity (Wildman–Crippen MR) is 76.1 cm³/mol. The van der Waals surface area contributed by atoms with Crippen molar-refractivity contribution >= 4 is 28.1 Å². The highest BCUT2D eigenvalue weighted by Gasteiger charge is 2.09. The Hall–Kier alpha value is -1.06. The molecule has 1 heterocycles. The average Bonchev–Trinajstić information content (AvgIpc) is 2.80. The number of thiazole rings is 1. The van der Waals surface area contributed by atoms with Gasteiger partial charge in [0.05, 0.1) is 5.69 Å². The molecule has 2 rings (SSSR count). The topological polar surface area (TPSA) is 16.1 Å². The fourth-order valence-corrected chi connectivity index (χ4v) is 2.84. The van der Waals surface area contributed by atoms with Crippen molar-refractivity contribution in [3.63, 3.8) is 0 Å². The van der Waals surface area contributed by atoms with Crippen LogP contribution in [0.25, 0.3) is 11.3 Å². The summed E-state index contributed by atoms with van der Waals surface area (Å²) in [5.41, 5.74) is 2.08. The molecule has 0 atom stereocenters. The zero-order valence-electron chi connectivity index (χ0n) is 9.98. The molecule has 0 unspecified atom stereocenters. The molecule has 1 aromatic carbocycles. The Morgan fingerprint density at radius 3 is 2.71 bits per heavy atom. The maximum absolute atomic E-state index is 5.98. The first kappa shape index (κ1) is 12.4. The Morgan fingerprint density at radius 2 is 2.06 bits per heavy atom. The second kappa shape index (κ2) is 5.52. The zero-order valence-corrected chi connectivity index (χ0v) is 11.6. The molecule has 0 N–H and O–H groups in total. The lowest BCUT2D eigenvalue weighted by Crippen LogP contribution is -2.21. The third-order valence-electron chi connectivity index (χ3n) is 2.65. The first-order chi connectivity index (χ1) is 8.24. The number of halogens is 1. The highest BCUT2D eigenvalue weighted by molar-refractivity contribution is 7.14.